The normalized spacial score (nSPS) is 10.5. The quantitative estimate of drug-likeness (QED) is 0.426. The Morgan fingerprint density at radius 3 is 1.79 bits per heavy atom. The molecule has 0 bridgehead atoms. The minimum Gasteiger partial charge on any atom is -0.466 e. The molecule has 0 amide bonds. The van der Waals surface area contributed by atoms with E-state index in [1.807, 2.05) is 20.8 Å². The van der Waals surface area contributed by atoms with Crippen LogP contribution in [-0.2, 0) is 19.1 Å². The zero-order valence-electron chi connectivity index (χ0n) is 12.6. The number of carbonyl (C=O) groups is 2. The molecule has 4 nitrogen and oxygen atoms in total. The average molecular weight is 272 g/mol. The Bertz CT molecular complexity index is 249. The van der Waals surface area contributed by atoms with Crippen LogP contribution in [0.15, 0.2) is 0 Å². The van der Waals surface area contributed by atoms with Crippen molar-refractivity contribution in [2.75, 3.05) is 6.61 Å². The maximum Gasteiger partial charge on any atom is 0.306 e. The van der Waals surface area contributed by atoms with Gasteiger partial charge in [-0.1, -0.05) is 25.7 Å². The number of carbonyl (C=O) groups excluding carboxylic acids is 2. The molecular weight excluding hydrogens is 244 g/mol. The van der Waals surface area contributed by atoms with Gasteiger partial charge in [-0.15, -0.1) is 0 Å². The molecule has 0 spiro atoms. The minimum atomic E-state index is -0.0997. The van der Waals surface area contributed by atoms with Crippen LogP contribution in [0.3, 0.4) is 0 Å². The maximum atomic E-state index is 11.3. The average Bonchev–Trinajstić information content (AvgIpc) is 2.32. The highest BCUT2D eigenvalue weighted by Gasteiger charge is 2.04. The fraction of sp³-hybridized carbons (Fsp3) is 0.867. The van der Waals surface area contributed by atoms with E-state index in [0.29, 0.717) is 19.4 Å². The minimum absolute atomic E-state index is 0.0182. The second kappa shape index (κ2) is 12.0. The maximum absolute atomic E-state index is 11.3. The first-order valence-electron chi connectivity index (χ1n) is 7.41. The number of hydrogen-bond donors (Lipinski definition) is 0. The van der Waals surface area contributed by atoms with E-state index in [9.17, 15) is 9.59 Å². The van der Waals surface area contributed by atoms with Crippen molar-refractivity contribution in [3.8, 4) is 0 Å². The summed E-state index contributed by atoms with van der Waals surface area (Å²) in [6.45, 7) is 6.01. The molecule has 0 aliphatic heterocycles. The molecule has 0 aliphatic carbocycles. The van der Waals surface area contributed by atoms with Gasteiger partial charge in [0.2, 0.25) is 0 Å². The monoisotopic (exact) mass is 272 g/mol. The molecule has 0 atom stereocenters. The number of hydrogen-bond acceptors (Lipinski definition) is 4. The van der Waals surface area contributed by atoms with Crippen molar-refractivity contribution in [2.24, 2.45) is 0 Å². The summed E-state index contributed by atoms with van der Waals surface area (Å²) in [5, 5.41) is 0. The first kappa shape index (κ1) is 17.9. The van der Waals surface area contributed by atoms with Crippen LogP contribution in [0.5, 0.6) is 0 Å². The molecule has 4 heteroatoms. The van der Waals surface area contributed by atoms with Gasteiger partial charge in [-0.3, -0.25) is 9.59 Å². The van der Waals surface area contributed by atoms with Gasteiger partial charge in [-0.05, 0) is 33.6 Å². The van der Waals surface area contributed by atoms with Gasteiger partial charge in [-0.25, -0.2) is 0 Å². The summed E-state index contributed by atoms with van der Waals surface area (Å²) in [5.41, 5.74) is 0. The molecule has 0 heterocycles. The van der Waals surface area contributed by atoms with Crippen LogP contribution < -0.4 is 0 Å². The van der Waals surface area contributed by atoms with E-state index in [0.717, 1.165) is 38.5 Å². The summed E-state index contributed by atoms with van der Waals surface area (Å²) in [6, 6.07) is 0. The third kappa shape index (κ3) is 13.2. The second-order valence-corrected chi connectivity index (χ2v) is 4.96. The van der Waals surface area contributed by atoms with E-state index in [1.54, 1.807) is 0 Å². The van der Waals surface area contributed by atoms with Crippen molar-refractivity contribution in [2.45, 2.75) is 78.2 Å². The van der Waals surface area contributed by atoms with E-state index in [2.05, 4.69) is 0 Å². The summed E-state index contributed by atoms with van der Waals surface area (Å²) < 4.78 is 9.91. The Balaban J connectivity index is 3.23. The summed E-state index contributed by atoms with van der Waals surface area (Å²) >= 11 is 0. The molecule has 0 saturated carbocycles. The van der Waals surface area contributed by atoms with E-state index < -0.39 is 0 Å². The largest absolute Gasteiger partial charge is 0.466 e. The third-order valence-electron chi connectivity index (χ3n) is 2.68. The van der Waals surface area contributed by atoms with Crippen LogP contribution in [-0.4, -0.2) is 24.6 Å². The molecule has 0 unspecified atom stereocenters. The lowest BCUT2D eigenvalue weighted by molar-refractivity contribution is -0.147. The van der Waals surface area contributed by atoms with Gasteiger partial charge in [0.05, 0.1) is 12.7 Å². The molecule has 0 aromatic carbocycles. The molecule has 0 aromatic rings. The van der Waals surface area contributed by atoms with Gasteiger partial charge < -0.3 is 9.47 Å². The Labute approximate surface area is 116 Å². The van der Waals surface area contributed by atoms with Gasteiger partial charge in [0.25, 0.3) is 0 Å². The molecular formula is C15H28O4. The Morgan fingerprint density at radius 2 is 1.32 bits per heavy atom. The Hall–Kier alpha value is -1.06. The van der Waals surface area contributed by atoms with Crippen LogP contribution in [0, 0.1) is 0 Å². The predicted molar refractivity (Wildman–Crippen MR) is 74.8 cm³/mol. The lowest BCUT2D eigenvalue weighted by Gasteiger charge is -2.07. The van der Waals surface area contributed by atoms with Gasteiger partial charge in [0, 0.05) is 12.8 Å². The zero-order chi connectivity index (χ0) is 14.5. The first-order valence-corrected chi connectivity index (χ1v) is 7.41. The van der Waals surface area contributed by atoms with E-state index >= 15 is 0 Å². The highest BCUT2D eigenvalue weighted by Crippen LogP contribution is 2.09. The molecule has 19 heavy (non-hydrogen) atoms. The summed E-state index contributed by atoms with van der Waals surface area (Å²) in [6.07, 6.45) is 7.13. The summed E-state index contributed by atoms with van der Waals surface area (Å²) in [7, 11) is 0. The van der Waals surface area contributed by atoms with Gasteiger partial charge in [0.1, 0.15) is 0 Å². The van der Waals surface area contributed by atoms with Crippen LogP contribution in [0.2, 0.25) is 0 Å². The fourth-order valence-corrected chi connectivity index (χ4v) is 1.80. The SMILES string of the molecule is CCOC(=O)CCCCCCCCC(=O)OC(C)C. The smallest absolute Gasteiger partial charge is 0.306 e. The lowest BCUT2D eigenvalue weighted by atomic mass is 10.1. The molecule has 0 saturated heterocycles. The molecule has 0 N–H and O–H groups in total. The standard InChI is InChI=1S/C15H28O4/c1-4-18-14(16)11-9-7-5-6-8-10-12-15(17)19-13(2)3/h13H,4-12H2,1-3H3. The van der Waals surface area contributed by atoms with Crippen LogP contribution >= 0.6 is 0 Å². The lowest BCUT2D eigenvalue weighted by Crippen LogP contribution is -2.10. The number of rotatable bonds is 11. The van der Waals surface area contributed by atoms with Crippen LogP contribution in [0.4, 0.5) is 0 Å². The topological polar surface area (TPSA) is 52.6 Å². The molecule has 0 radical (unpaired) electrons. The van der Waals surface area contributed by atoms with Crippen molar-refractivity contribution in [1.82, 2.24) is 0 Å². The molecule has 0 aromatic heterocycles. The highest BCUT2D eigenvalue weighted by molar-refractivity contribution is 5.69. The van der Waals surface area contributed by atoms with E-state index in [1.165, 1.54) is 0 Å². The zero-order valence-corrected chi connectivity index (χ0v) is 12.6. The molecule has 0 rings (SSSR count). The molecule has 112 valence electrons. The van der Waals surface area contributed by atoms with Crippen molar-refractivity contribution >= 4 is 11.9 Å². The third-order valence-corrected chi connectivity index (χ3v) is 2.68. The van der Waals surface area contributed by atoms with Gasteiger partial charge >= 0.3 is 11.9 Å². The first-order chi connectivity index (χ1) is 9.06. The Morgan fingerprint density at radius 1 is 0.842 bits per heavy atom. The molecule has 0 aliphatic rings. The van der Waals surface area contributed by atoms with Gasteiger partial charge in [0.15, 0.2) is 0 Å². The Kier molecular flexibility index (Phi) is 11.3. The number of unbranched alkanes of at least 4 members (excludes halogenated alkanes) is 5. The summed E-state index contributed by atoms with van der Waals surface area (Å²) in [4.78, 5) is 22.3. The van der Waals surface area contributed by atoms with Crippen molar-refractivity contribution in [1.29, 1.82) is 0 Å². The van der Waals surface area contributed by atoms with Crippen molar-refractivity contribution < 1.29 is 19.1 Å². The molecule has 0 fully saturated rings. The highest BCUT2D eigenvalue weighted by atomic mass is 16.5. The van der Waals surface area contributed by atoms with Crippen LogP contribution in [0.25, 0.3) is 0 Å². The van der Waals surface area contributed by atoms with Crippen molar-refractivity contribution in [3.63, 3.8) is 0 Å². The second-order valence-electron chi connectivity index (χ2n) is 4.96. The summed E-state index contributed by atoms with van der Waals surface area (Å²) in [5.74, 6) is -0.198. The number of ether oxygens (including phenoxy) is 2. The van der Waals surface area contributed by atoms with Gasteiger partial charge in [-0.2, -0.15) is 0 Å². The van der Waals surface area contributed by atoms with Crippen LogP contribution in [0.1, 0.15) is 72.1 Å². The fourth-order valence-electron chi connectivity index (χ4n) is 1.80. The van der Waals surface area contributed by atoms with E-state index in [-0.39, 0.29) is 18.0 Å². The predicted octanol–water partition coefficient (Wildman–Crippen LogP) is 3.62. The van der Waals surface area contributed by atoms with Crippen molar-refractivity contribution in [3.05, 3.63) is 0 Å². The number of esters is 2. The van der Waals surface area contributed by atoms with E-state index in [4.69, 9.17) is 9.47 Å².